The van der Waals surface area contributed by atoms with Crippen molar-refractivity contribution in [2.24, 2.45) is 0 Å². The van der Waals surface area contributed by atoms with Gasteiger partial charge >= 0.3 is 12.1 Å². The number of hydrogen-bond donors (Lipinski definition) is 0. The second-order valence-electron chi connectivity index (χ2n) is 4.52. The fourth-order valence-electron chi connectivity index (χ4n) is 1.98. The van der Waals surface area contributed by atoms with Crippen LogP contribution in [-0.2, 0) is 10.9 Å². The predicted octanol–water partition coefficient (Wildman–Crippen LogP) is 4.17. The summed E-state index contributed by atoms with van der Waals surface area (Å²) >= 11 is 0. The summed E-state index contributed by atoms with van der Waals surface area (Å²) in [5.74, 6) is -0.232. The van der Waals surface area contributed by atoms with Crippen LogP contribution in [0.1, 0.15) is 15.9 Å². The molecule has 0 saturated heterocycles. The molecular formula is C16H13F3O3. The Morgan fingerprint density at radius 1 is 0.955 bits per heavy atom. The Hall–Kier alpha value is -2.50. The second-order valence-corrected chi connectivity index (χ2v) is 4.52. The normalized spacial score (nSPS) is 11.1. The molecular weight excluding hydrogens is 297 g/mol. The molecule has 0 fully saturated rings. The Labute approximate surface area is 125 Å². The summed E-state index contributed by atoms with van der Waals surface area (Å²) in [6.07, 6.45) is -4.55. The van der Waals surface area contributed by atoms with Crippen molar-refractivity contribution >= 4 is 5.97 Å². The highest BCUT2D eigenvalue weighted by molar-refractivity contribution is 5.91. The van der Waals surface area contributed by atoms with Gasteiger partial charge in [-0.1, -0.05) is 12.1 Å². The fourth-order valence-corrected chi connectivity index (χ4v) is 1.98. The number of ether oxygens (including phenoxy) is 2. The minimum Gasteiger partial charge on any atom is -0.497 e. The van der Waals surface area contributed by atoms with Crippen molar-refractivity contribution in [1.29, 1.82) is 0 Å². The van der Waals surface area contributed by atoms with Gasteiger partial charge in [0.15, 0.2) is 0 Å². The number of benzene rings is 2. The van der Waals surface area contributed by atoms with Crippen LogP contribution in [0, 0.1) is 0 Å². The van der Waals surface area contributed by atoms with Gasteiger partial charge in [0.1, 0.15) is 5.75 Å². The average molecular weight is 310 g/mol. The molecule has 0 bridgehead atoms. The summed E-state index contributed by atoms with van der Waals surface area (Å²) in [6, 6.07) is 9.64. The predicted molar refractivity (Wildman–Crippen MR) is 74.8 cm³/mol. The van der Waals surface area contributed by atoms with Crippen molar-refractivity contribution in [3.05, 3.63) is 53.6 Å². The van der Waals surface area contributed by atoms with E-state index in [1.165, 1.54) is 13.2 Å². The summed E-state index contributed by atoms with van der Waals surface area (Å²) in [5.41, 5.74) is -0.237. The number of methoxy groups -OCH3 is 2. The first-order valence-electron chi connectivity index (χ1n) is 6.30. The molecule has 22 heavy (non-hydrogen) atoms. The van der Waals surface area contributed by atoms with Gasteiger partial charge in [0.05, 0.1) is 25.3 Å². The Morgan fingerprint density at radius 3 is 2.09 bits per heavy atom. The van der Waals surface area contributed by atoms with Crippen LogP contribution in [0.2, 0.25) is 0 Å². The van der Waals surface area contributed by atoms with Crippen LogP contribution in [-0.4, -0.2) is 20.2 Å². The Bertz CT molecular complexity index is 676. The number of hydrogen-bond acceptors (Lipinski definition) is 3. The molecule has 0 atom stereocenters. The van der Waals surface area contributed by atoms with Crippen LogP contribution >= 0.6 is 0 Å². The van der Waals surface area contributed by atoms with Gasteiger partial charge in [0.2, 0.25) is 0 Å². The summed E-state index contributed by atoms with van der Waals surface area (Å²) < 4.78 is 48.4. The van der Waals surface area contributed by atoms with E-state index in [0.717, 1.165) is 19.2 Å². The zero-order chi connectivity index (χ0) is 16.3. The molecule has 2 aromatic carbocycles. The Balaban J connectivity index is 2.55. The molecule has 0 radical (unpaired) electrons. The van der Waals surface area contributed by atoms with Crippen LogP contribution in [0.4, 0.5) is 13.2 Å². The van der Waals surface area contributed by atoms with Gasteiger partial charge in [-0.2, -0.15) is 13.2 Å². The molecule has 0 amide bonds. The van der Waals surface area contributed by atoms with E-state index in [4.69, 9.17) is 4.74 Å². The highest BCUT2D eigenvalue weighted by Gasteiger charge is 2.32. The van der Waals surface area contributed by atoms with E-state index in [-0.39, 0.29) is 11.1 Å². The maximum atomic E-state index is 13.0. The summed E-state index contributed by atoms with van der Waals surface area (Å²) in [7, 11) is 2.62. The van der Waals surface area contributed by atoms with Gasteiger partial charge in [0.25, 0.3) is 0 Å². The number of halogens is 3. The lowest BCUT2D eigenvalue weighted by Gasteiger charge is -2.12. The molecule has 116 valence electrons. The average Bonchev–Trinajstić information content (AvgIpc) is 2.53. The molecule has 0 unspecified atom stereocenters. The fraction of sp³-hybridized carbons (Fsp3) is 0.188. The van der Waals surface area contributed by atoms with Crippen LogP contribution in [0.25, 0.3) is 11.1 Å². The smallest absolute Gasteiger partial charge is 0.416 e. The minimum absolute atomic E-state index is 0.150. The SMILES string of the molecule is COC(=O)c1cc(-c2ccc(OC)cc2)cc(C(F)(F)F)c1. The first-order valence-corrected chi connectivity index (χ1v) is 6.30. The number of carbonyl (C=O) groups excluding carboxylic acids is 1. The molecule has 0 aliphatic rings. The van der Waals surface area contributed by atoms with E-state index in [9.17, 15) is 18.0 Å². The van der Waals surface area contributed by atoms with Crippen molar-refractivity contribution in [2.75, 3.05) is 14.2 Å². The van der Waals surface area contributed by atoms with Crippen LogP contribution in [0.3, 0.4) is 0 Å². The van der Waals surface area contributed by atoms with E-state index in [2.05, 4.69) is 4.74 Å². The Kier molecular flexibility index (Phi) is 4.40. The molecule has 0 saturated carbocycles. The molecule has 0 aromatic heterocycles. The zero-order valence-corrected chi connectivity index (χ0v) is 11.9. The van der Waals surface area contributed by atoms with Gasteiger partial charge in [-0.15, -0.1) is 0 Å². The van der Waals surface area contributed by atoms with Crippen molar-refractivity contribution in [3.63, 3.8) is 0 Å². The van der Waals surface area contributed by atoms with Gasteiger partial charge in [-0.25, -0.2) is 4.79 Å². The largest absolute Gasteiger partial charge is 0.497 e. The Morgan fingerprint density at radius 2 is 1.59 bits per heavy atom. The quantitative estimate of drug-likeness (QED) is 0.798. The van der Waals surface area contributed by atoms with E-state index < -0.39 is 17.7 Å². The standard InChI is InChI=1S/C16H13F3O3/c1-21-14-5-3-10(4-6-14)11-7-12(15(20)22-2)9-13(8-11)16(17,18)19/h3-9H,1-2H3. The van der Waals surface area contributed by atoms with E-state index in [1.807, 2.05) is 0 Å². The lowest BCUT2D eigenvalue weighted by atomic mass is 9.99. The highest BCUT2D eigenvalue weighted by Crippen LogP contribution is 2.34. The van der Waals surface area contributed by atoms with Crippen molar-refractivity contribution < 1.29 is 27.4 Å². The highest BCUT2D eigenvalue weighted by atomic mass is 19.4. The third-order valence-electron chi connectivity index (χ3n) is 3.10. The van der Waals surface area contributed by atoms with E-state index in [0.29, 0.717) is 11.3 Å². The molecule has 2 aromatic rings. The number of esters is 1. The maximum absolute atomic E-state index is 13.0. The number of alkyl halides is 3. The monoisotopic (exact) mass is 310 g/mol. The van der Waals surface area contributed by atoms with Gasteiger partial charge in [-0.3, -0.25) is 0 Å². The van der Waals surface area contributed by atoms with Crippen LogP contribution < -0.4 is 4.74 Å². The lowest BCUT2D eigenvalue weighted by Crippen LogP contribution is -2.09. The molecule has 0 aliphatic heterocycles. The maximum Gasteiger partial charge on any atom is 0.416 e. The molecule has 2 rings (SSSR count). The zero-order valence-electron chi connectivity index (χ0n) is 11.9. The number of carbonyl (C=O) groups is 1. The summed E-state index contributed by atoms with van der Waals surface area (Å²) in [4.78, 5) is 11.6. The van der Waals surface area contributed by atoms with E-state index in [1.54, 1.807) is 24.3 Å². The summed E-state index contributed by atoms with van der Waals surface area (Å²) in [5, 5.41) is 0. The van der Waals surface area contributed by atoms with Gasteiger partial charge < -0.3 is 9.47 Å². The third kappa shape index (κ3) is 3.39. The molecule has 0 heterocycles. The van der Waals surface area contributed by atoms with Crippen LogP contribution in [0.15, 0.2) is 42.5 Å². The van der Waals surface area contributed by atoms with Gasteiger partial charge in [0, 0.05) is 0 Å². The molecule has 0 spiro atoms. The van der Waals surface area contributed by atoms with Crippen molar-refractivity contribution in [3.8, 4) is 16.9 Å². The third-order valence-corrected chi connectivity index (χ3v) is 3.10. The lowest BCUT2D eigenvalue weighted by molar-refractivity contribution is -0.137. The van der Waals surface area contributed by atoms with Crippen LogP contribution in [0.5, 0.6) is 5.75 Å². The first-order chi connectivity index (χ1) is 10.3. The summed E-state index contributed by atoms with van der Waals surface area (Å²) in [6.45, 7) is 0. The van der Waals surface area contributed by atoms with Crippen molar-refractivity contribution in [2.45, 2.75) is 6.18 Å². The minimum atomic E-state index is -4.55. The topological polar surface area (TPSA) is 35.5 Å². The molecule has 6 heteroatoms. The molecule has 0 aliphatic carbocycles. The molecule has 3 nitrogen and oxygen atoms in total. The number of rotatable bonds is 3. The van der Waals surface area contributed by atoms with Gasteiger partial charge in [-0.05, 0) is 41.5 Å². The van der Waals surface area contributed by atoms with E-state index >= 15 is 0 Å². The first kappa shape index (κ1) is 15.9. The second kappa shape index (κ2) is 6.09. The van der Waals surface area contributed by atoms with Crippen molar-refractivity contribution in [1.82, 2.24) is 0 Å². The molecule has 0 N–H and O–H groups in total.